The summed E-state index contributed by atoms with van der Waals surface area (Å²) in [5.74, 6) is 0.907. The summed E-state index contributed by atoms with van der Waals surface area (Å²) in [6.07, 6.45) is 10.9. The van der Waals surface area contributed by atoms with Gasteiger partial charge in [0, 0.05) is 30.2 Å². The molecule has 3 heterocycles. The van der Waals surface area contributed by atoms with E-state index in [0.717, 1.165) is 18.4 Å². The Balaban J connectivity index is 1.75. The second-order valence-electron chi connectivity index (χ2n) is 5.69. The van der Waals surface area contributed by atoms with Crippen LogP contribution in [0.15, 0.2) is 47.9 Å². The number of aromatic amines is 1. The van der Waals surface area contributed by atoms with Crippen molar-refractivity contribution in [2.45, 2.75) is 32.6 Å². The Hall–Kier alpha value is -2.96. The van der Waals surface area contributed by atoms with Gasteiger partial charge < -0.3 is 4.74 Å². The molecule has 0 unspecified atom stereocenters. The zero-order chi connectivity index (χ0) is 17.5. The number of H-pyrrole nitrogens is 1. The number of aromatic nitrogens is 5. The van der Waals surface area contributed by atoms with Gasteiger partial charge in [-0.3, -0.25) is 14.9 Å². The van der Waals surface area contributed by atoms with Crippen molar-refractivity contribution in [3.63, 3.8) is 0 Å². The zero-order valence-corrected chi connectivity index (χ0v) is 14.2. The third-order valence-electron chi connectivity index (χ3n) is 3.85. The molecule has 0 atom stereocenters. The number of nitrogens with zero attached hydrogens (tertiary/aromatic N) is 4. The van der Waals surface area contributed by atoms with Gasteiger partial charge in [-0.05, 0) is 12.5 Å². The second-order valence-corrected chi connectivity index (χ2v) is 5.69. The molecule has 0 spiro atoms. The van der Waals surface area contributed by atoms with Gasteiger partial charge in [0.25, 0.3) is 5.56 Å². The van der Waals surface area contributed by atoms with Crippen molar-refractivity contribution in [1.29, 1.82) is 0 Å². The van der Waals surface area contributed by atoms with Gasteiger partial charge in [-0.15, -0.1) is 0 Å². The number of unbranched alkanes of at least 4 members (excludes halogenated alkanes) is 3. The van der Waals surface area contributed by atoms with Crippen LogP contribution < -0.4 is 10.3 Å². The minimum atomic E-state index is -0.194. The summed E-state index contributed by atoms with van der Waals surface area (Å²) >= 11 is 0. The average Bonchev–Trinajstić information content (AvgIpc) is 3.04. The summed E-state index contributed by atoms with van der Waals surface area (Å²) in [6.45, 7) is 2.78. The van der Waals surface area contributed by atoms with Gasteiger partial charge in [0.05, 0.1) is 12.2 Å². The first-order valence-electron chi connectivity index (χ1n) is 8.45. The van der Waals surface area contributed by atoms with E-state index in [-0.39, 0.29) is 5.56 Å². The van der Waals surface area contributed by atoms with Gasteiger partial charge in [0.1, 0.15) is 6.33 Å². The molecule has 1 N–H and O–H groups in total. The third-order valence-corrected chi connectivity index (χ3v) is 3.85. The molecule has 130 valence electrons. The first-order valence-corrected chi connectivity index (χ1v) is 8.45. The molecule has 7 heteroatoms. The molecule has 7 nitrogen and oxygen atoms in total. The van der Waals surface area contributed by atoms with E-state index in [1.165, 1.54) is 23.9 Å². The van der Waals surface area contributed by atoms with Gasteiger partial charge in [0.2, 0.25) is 5.88 Å². The lowest BCUT2D eigenvalue weighted by atomic mass is 10.2. The molecule has 0 aliphatic heterocycles. The molecule has 3 aromatic rings. The van der Waals surface area contributed by atoms with Gasteiger partial charge in [-0.1, -0.05) is 32.3 Å². The lowest BCUT2D eigenvalue weighted by Crippen LogP contribution is -2.17. The van der Waals surface area contributed by atoms with Crippen LogP contribution in [-0.2, 0) is 0 Å². The van der Waals surface area contributed by atoms with Crippen molar-refractivity contribution < 1.29 is 4.74 Å². The Bertz CT molecular complexity index is 857. The van der Waals surface area contributed by atoms with Crippen molar-refractivity contribution in [2.75, 3.05) is 6.61 Å². The van der Waals surface area contributed by atoms with Gasteiger partial charge >= 0.3 is 0 Å². The lowest BCUT2D eigenvalue weighted by Gasteiger charge is -2.06. The predicted octanol–water partition coefficient (Wildman–Crippen LogP) is 2.98. The molecule has 0 fully saturated rings. The summed E-state index contributed by atoms with van der Waals surface area (Å²) in [7, 11) is 0. The Morgan fingerprint density at radius 3 is 2.96 bits per heavy atom. The van der Waals surface area contributed by atoms with Crippen LogP contribution in [0.2, 0.25) is 0 Å². The van der Waals surface area contributed by atoms with E-state index in [2.05, 4.69) is 27.0 Å². The fourth-order valence-electron chi connectivity index (χ4n) is 2.51. The van der Waals surface area contributed by atoms with Crippen molar-refractivity contribution in [3.05, 3.63) is 53.5 Å². The number of rotatable bonds is 8. The molecule has 0 aliphatic rings. The number of hydrogen-bond donors (Lipinski definition) is 1. The van der Waals surface area contributed by atoms with E-state index in [0.29, 0.717) is 23.9 Å². The van der Waals surface area contributed by atoms with E-state index in [4.69, 9.17) is 4.74 Å². The SMILES string of the molecule is CCCCCCOc1cc(-n2[nH]cc(-c3cccnc3)c2=O)ncn1. The molecule has 0 amide bonds. The van der Waals surface area contributed by atoms with Crippen LogP contribution in [0.4, 0.5) is 0 Å². The summed E-state index contributed by atoms with van der Waals surface area (Å²) in [6, 6.07) is 5.29. The Kier molecular flexibility index (Phi) is 5.56. The van der Waals surface area contributed by atoms with Gasteiger partial charge in [-0.25, -0.2) is 14.6 Å². The normalized spacial score (nSPS) is 10.8. The van der Waals surface area contributed by atoms with E-state index in [9.17, 15) is 4.79 Å². The van der Waals surface area contributed by atoms with Crippen LogP contribution in [0.3, 0.4) is 0 Å². The van der Waals surface area contributed by atoms with Crippen molar-refractivity contribution in [1.82, 2.24) is 24.7 Å². The maximum absolute atomic E-state index is 12.6. The monoisotopic (exact) mass is 339 g/mol. The predicted molar refractivity (Wildman–Crippen MR) is 94.8 cm³/mol. The summed E-state index contributed by atoms with van der Waals surface area (Å²) in [5, 5.41) is 2.93. The van der Waals surface area contributed by atoms with Crippen LogP contribution >= 0.6 is 0 Å². The van der Waals surface area contributed by atoms with Crippen LogP contribution in [-0.4, -0.2) is 31.3 Å². The Labute approximate surface area is 145 Å². The molecule has 0 aliphatic carbocycles. The lowest BCUT2D eigenvalue weighted by molar-refractivity contribution is 0.293. The van der Waals surface area contributed by atoms with E-state index >= 15 is 0 Å². The number of hydrogen-bond acceptors (Lipinski definition) is 5. The highest BCUT2D eigenvalue weighted by atomic mass is 16.5. The second kappa shape index (κ2) is 8.23. The number of ether oxygens (including phenoxy) is 1. The Morgan fingerprint density at radius 1 is 1.24 bits per heavy atom. The highest BCUT2D eigenvalue weighted by molar-refractivity contribution is 5.60. The van der Waals surface area contributed by atoms with E-state index < -0.39 is 0 Å². The average molecular weight is 339 g/mol. The smallest absolute Gasteiger partial charge is 0.280 e. The highest BCUT2D eigenvalue weighted by Crippen LogP contribution is 2.15. The molecule has 0 bridgehead atoms. The third kappa shape index (κ3) is 4.12. The minimum absolute atomic E-state index is 0.194. The van der Waals surface area contributed by atoms with Gasteiger partial charge in [-0.2, -0.15) is 0 Å². The zero-order valence-electron chi connectivity index (χ0n) is 14.2. The van der Waals surface area contributed by atoms with Crippen LogP contribution in [0.5, 0.6) is 5.88 Å². The fourth-order valence-corrected chi connectivity index (χ4v) is 2.51. The molecule has 3 aromatic heterocycles. The minimum Gasteiger partial charge on any atom is -0.478 e. The quantitative estimate of drug-likeness (QED) is 0.638. The molecule has 3 rings (SSSR count). The van der Waals surface area contributed by atoms with Crippen molar-refractivity contribution >= 4 is 0 Å². The van der Waals surface area contributed by atoms with Crippen molar-refractivity contribution in [2.24, 2.45) is 0 Å². The summed E-state index contributed by atoms with van der Waals surface area (Å²) in [5.41, 5.74) is 1.10. The van der Waals surface area contributed by atoms with Gasteiger partial charge in [0.15, 0.2) is 5.82 Å². The number of pyridine rings is 1. The van der Waals surface area contributed by atoms with Crippen molar-refractivity contribution in [3.8, 4) is 22.8 Å². The Morgan fingerprint density at radius 2 is 2.16 bits per heavy atom. The van der Waals surface area contributed by atoms with Crippen LogP contribution in [0.1, 0.15) is 32.6 Å². The summed E-state index contributed by atoms with van der Waals surface area (Å²) < 4.78 is 7.02. The summed E-state index contributed by atoms with van der Waals surface area (Å²) in [4.78, 5) is 24.9. The molecular formula is C18H21N5O2. The number of nitrogens with one attached hydrogen (secondary N) is 1. The van der Waals surface area contributed by atoms with Crippen LogP contribution in [0.25, 0.3) is 16.9 Å². The van der Waals surface area contributed by atoms with Crippen LogP contribution in [0, 0.1) is 0 Å². The van der Waals surface area contributed by atoms with E-state index in [1.807, 2.05) is 6.07 Å². The standard InChI is InChI=1S/C18H21N5O2/c1-2-3-4-5-9-25-17-10-16(20-13-21-17)23-18(24)15(12-22-23)14-7-6-8-19-11-14/h6-8,10-13,22H,2-5,9H2,1H3. The highest BCUT2D eigenvalue weighted by Gasteiger charge is 2.11. The largest absolute Gasteiger partial charge is 0.478 e. The molecule has 0 saturated carbocycles. The molecule has 25 heavy (non-hydrogen) atoms. The fraction of sp³-hybridized carbons (Fsp3) is 0.333. The van der Waals surface area contributed by atoms with E-state index in [1.54, 1.807) is 30.7 Å². The maximum Gasteiger partial charge on any atom is 0.280 e. The molecule has 0 saturated heterocycles. The topological polar surface area (TPSA) is 85.7 Å². The molecule has 0 radical (unpaired) electrons. The first-order chi connectivity index (χ1) is 12.3. The molecule has 0 aromatic carbocycles. The molecular weight excluding hydrogens is 318 g/mol. The first kappa shape index (κ1) is 16.9. The maximum atomic E-state index is 12.6.